The van der Waals surface area contributed by atoms with Crippen molar-refractivity contribution in [3.63, 3.8) is 0 Å². The van der Waals surface area contributed by atoms with Gasteiger partial charge in [0.1, 0.15) is 0 Å². The summed E-state index contributed by atoms with van der Waals surface area (Å²) in [6.45, 7) is 21.9. The number of para-hydroxylation sites is 1. The van der Waals surface area contributed by atoms with Gasteiger partial charge in [0.2, 0.25) is 0 Å². The zero-order valence-corrected chi connectivity index (χ0v) is 36.2. The number of hydrogen-bond acceptors (Lipinski definition) is 1. The van der Waals surface area contributed by atoms with E-state index in [0.29, 0.717) is 0 Å². The summed E-state index contributed by atoms with van der Waals surface area (Å²) in [6, 6.07) is 26.6. The Labute approximate surface area is 314 Å². The average molecular weight is 790 g/mol. The van der Waals surface area contributed by atoms with Crippen molar-refractivity contribution in [1.29, 1.82) is 0 Å². The fourth-order valence-electron chi connectivity index (χ4n) is 8.58. The summed E-state index contributed by atoms with van der Waals surface area (Å²) in [4.78, 5) is 0. The molecule has 6 aromatic rings. The van der Waals surface area contributed by atoms with Gasteiger partial charge in [-0.25, -0.2) is 0 Å². The van der Waals surface area contributed by atoms with E-state index < -0.39 is 28.9 Å². The van der Waals surface area contributed by atoms with Crippen molar-refractivity contribution < 1.29 is 25.6 Å². The molecule has 0 aliphatic carbocycles. The van der Waals surface area contributed by atoms with Crippen molar-refractivity contribution in [3.8, 4) is 11.1 Å². The molecule has 0 spiro atoms. The zero-order valence-electron chi connectivity index (χ0n) is 31.2. The van der Waals surface area contributed by atoms with Crippen LogP contribution < -0.4 is 10.4 Å². The standard InChI is InChI=1S/C43H53NOSi.2ClH.Zr/c1-28-27-37-33(34-21-18-24-39-40(34)36-19-13-14-23-38(36)44(39)9)20-17-22-35(37)41(28)46(10,42-31(4)29(2)30(3)32(42)5)26-16-12-11-15-25-45-43(6,7)8;;;/h13-14,17-24,27H,11-12,15-16,25-26H2,1-10H3;2*1H;/q-2;;;+4/p-2. The number of aromatic nitrogens is 1. The molecule has 0 saturated carbocycles. The van der Waals surface area contributed by atoms with Crippen LogP contribution in [0.1, 0.15) is 74.3 Å². The second kappa shape index (κ2) is 15.7. The van der Waals surface area contributed by atoms with Crippen LogP contribution in [0.3, 0.4) is 0 Å². The van der Waals surface area contributed by atoms with E-state index in [9.17, 15) is 0 Å². The van der Waals surface area contributed by atoms with Crippen LogP contribution in [0.4, 0.5) is 0 Å². The van der Waals surface area contributed by atoms with Crippen molar-refractivity contribution >= 4 is 68.1 Å². The van der Waals surface area contributed by atoms with Gasteiger partial charge in [-0.05, 0) is 44.9 Å². The van der Waals surface area contributed by atoms with E-state index >= 15 is 0 Å². The summed E-state index contributed by atoms with van der Waals surface area (Å²) in [5.74, 6) is 0. The number of halogens is 2. The van der Waals surface area contributed by atoms with Gasteiger partial charge in [0.25, 0.3) is 0 Å². The maximum atomic E-state index is 6.02. The van der Waals surface area contributed by atoms with E-state index in [1.807, 2.05) is 0 Å². The third-order valence-electron chi connectivity index (χ3n) is 11.0. The topological polar surface area (TPSA) is 14.2 Å². The summed E-state index contributed by atoms with van der Waals surface area (Å²) >= 11 is -0.826. The summed E-state index contributed by atoms with van der Waals surface area (Å²) < 4.78 is 8.37. The molecular weight excluding hydrogens is 737 g/mol. The zero-order chi connectivity index (χ0) is 35.7. The van der Waals surface area contributed by atoms with Gasteiger partial charge in [-0.1, -0.05) is 108 Å². The number of benzene rings is 3. The molecule has 0 radical (unpaired) electrons. The summed E-state index contributed by atoms with van der Waals surface area (Å²) in [7, 11) is 9.96. The molecule has 2 nitrogen and oxygen atoms in total. The molecule has 5 aromatic carbocycles. The van der Waals surface area contributed by atoms with Crippen LogP contribution in [0.5, 0.6) is 0 Å². The van der Waals surface area contributed by atoms with Crippen LogP contribution in [-0.2, 0) is 32.6 Å². The van der Waals surface area contributed by atoms with Crippen molar-refractivity contribution in [2.24, 2.45) is 7.05 Å². The first-order chi connectivity index (χ1) is 23.3. The first-order valence-corrected chi connectivity index (χ1v) is 26.8. The van der Waals surface area contributed by atoms with Crippen molar-refractivity contribution in [1.82, 2.24) is 4.57 Å². The summed E-state index contributed by atoms with van der Waals surface area (Å²) in [5, 5.41) is 8.91. The number of hydrogen-bond donors (Lipinski definition) is 0. The first-order valence-electron chi connectivity index (χ1n) is 17.8. The van der Waals surface area contributed by atoms with Crippen LogP contribution >= 0.6 is 17.0 Å². The Bertz CT molecular complexity index is 2050. The number of rotatable bonds is 10. The molecule has 0 aliphatic rings. The van der Waals surface area contributed by atoms with E-state index in [0.717, 1.165) is 13.0 Å². The average Bonchev–Trinajstić information content (AvgIpc) is 3.63. The van der Waals surface area contributed by atoms with Gasteiger partial charge in [-0.2, -0.15) is 33.5 Å². The van der Waals surface area contributed by atoms with Gasteiger partial charge < -0.3 is 9.30 Å². The van der Waals surface area contributed by atoms with Gasteiger partial charge in [-0.3, -0.25) is 0 Å². The maximum absolute atomic E-state index is 6.02. The van der Waals surface area contributed by atoms with E-state index in [1.165, 1.54) is 96.8 Å². The molecule has 0 bridgehead atoms. The van der Waals surface area contributed by atoms with Crippen LogP contribution in [0, 0.1) is 34.6 Å². The second-order valence-corrected chi connectivity index (χ2v) is 23.0. The van der Waals surface area contributed by atoms with Crippen molar-refractivity contribution in [2.75, 3.05) is 6.61 Å². The van der Waals surface area contributed by atoms with Gasteiger partial charge in [0, 0.05) is 43.5 Å². The van der Waals surface area contributed by atoms with Gasteiger partial charge in [0.05, 0.1) is 5.60 Å². The Balaban J connectivity index is 0.00000151. The number of nitrogens with zero attached hydrogens (tertiary/aromatic N) is 1. The van der Waals surface area contributed by atoms with Crippen LogP contribution in [0.15, 0.2) is 66.7 Å². The predicted octanol–water partition coefficient (Wildman–Crippen LogP) is 12.1. The fraction of sp³-hybridized carbons (Fsp3) is 0.395. The first kappa shape index (κ1) is 38.3. The van der Waals surface area contributed by atoms with E-state index in [4.69, 9.17) is 21.8 Å². The van der Waals surface area contributed by atoms with Crippen LogP contribution in [0.25, 0.3) is 43.7 Å². The third kappa shape index (κ3) is 7.52. The minimum atomic E-state index is -2.11. The Morgan fingerprint density at radius 3 is 2.00 bits per heavy atom. The number of fused-ring (bicyclic) bond motifs is 4. The molecular formula is C43H53Cl2NOSiZr. The summed E-state index contributed by atoms with van der Waals surface area (Å²) in [6.07, 6.45) is 4.90. The Morgan fingerprint density at radius 1 is 0.735 bits per heavy atom. The van der Waals surface area contributed by atoms with Crippen molar-refractivity contribution in [2.45, 2.75) is 99.3 Å². The van der Waals surface area contributed by atoms with Crippen molar-refractivity contribution in [3.05, 3.63) is 94.5 Å². The SMILES string of the molecule is Cc1c(C)c(C)[c-]([Si](C)(CCCCCCOC(C)(C)C)[c-]2c(C)cc3c(-c4cccc5c4c4ccccc4n5C)cccc32)c1C.[Cl][Zr+2][Cl]. The van der Waals surface area contributed by atoms with Crippen LogP contribution in [-0.4, -0.2) is 24.8 Å². The Morgan fingerprint density at radius 2 is 1.33 bits per heavy atom. The molecule has 0 aliphatic heterocycles. The van der Waals surface area contributed by atoms with E-state index in [-0.39, 0.29) is 5.60 Å². The van der Waals surface area contributed by atoms with Gasteiger partial charge in [-0.15, -0.1) is 33.7 Å². The second-order valence-electron chi connectivity index (χ2n) is 15.1. The molecule has 1 unspecified atom stereocenters. The molecule has 0 saturated heterocycles. The molecule has 0 fully saturated rings. The van der Waals surface area contributed by atoms with E-state index in [2.05, 4.69) is 140 Å². The Kier molecular flexibility index (Phi) is 12.3. The van der Waals surface area contributed by atoms with Gasteiger partial charge in [0.15, 0.2) is 0 Å². The molecule has 0 N–H and O–H groups in total. The number of ether oxygens (including phenoxy) is 1. The third-order valence-corrected chi connectivity index (χ3v) is 16.0. The van der Waals surface area contributed by atoms with E-state index in [1.54, 1.807) is 10.4 Å². The van der Waals surface area contributed by atoms with Crippen LogP contribution in [0.2, 0.25) is 12.6 Å². The number of aryl methyl sites for hydroxylation is 2. The number of unbranched alkanes of at least 4 members (excludes halogenated alkanes) is 3. The fourth-order valence-corrected chi connectivity index (χ4v) is 14.1. The molecule has 1 atom stereocenters. The molecule has 1 heterocycles. The Hall–Kier alpha value is -1.94. The molecule has 6 heteroatoms. The molecule has 1 aromatic heterocycles. The summed E-state index contributed by atoms with van der Waals surface area (Å²) in [5.41, 5.74) is 12.7. The predicted molar refractivity (Wildman–Crippen MR) is 216 cm³/mol. The molecule has 6 rings (SSSR count). The normalized spacial score (nSPS) is 13.1. The molecule has 258 valence electrons. The monoisotopic (exact) mass is 787 g/mol. The van der Waals surface area contributed by atoms with Gasteiger partial charge >= 0.3 is 37.9 Å². The molecule has 49 heavy (non-hydrogen) atoms. The quantitative estimate of drug-likeness (QED) is 0.0766. The minimum absolute atomic E-state index is 0.0532. The molecule has 0 amide bonds.